The van der Waals surface area contributed by atoms with Crippen LogP contribution in [0.2, 0.25) is 0 Å². The summed E-state index contributed by atoms with van der Waals surface area (Å²) < 4.78 is 25.8. The Morgan fingerprint density at radius 3 is 2.27 bits per heavy atom. The van der Waals surface area contributed by atoms with Crippen molar-refractivity contribution in [3.63, 3.8) is 0 Å². The SMILES string of the molecule is Cc1cc(C(=O)Nc2ccc(C)c(S(=O)(=O)N(C)C)c2)ccc1[N+](=O)[O-]. The van der Waals surface area contributed by atoms with Gasteiger partial charge in [0.05, 0.1) is 9.82 Å². The van der Waals surface area contributed by atoms with Crippen LogP contribution in [0.25, 0.3) is 0 Å². The summed E-state index contributed by atoms with van der Waals surface area (Å²) in [4.78, 5) is 22.8. The average molecular weight is 377 g/mol. The first kappa shape index (κ1) is 19.5. The zero-order valence-corrected chi connectivity index (χ0v) is 15.6. The van der Waals surface area contributed by atoms with Crippen LogP contribution in [-0.2, 0) is 10.0 Å². The monoisotopic (exact) mass is 377 g/mol. The van der Waals surface area contributed by atoms with Crippen molar-refractivity contribution >= 4 is 27.3 Å². The second-order valence-electron chi connectivity index (χ2n) is 5.98. The van der Waals surface area contributed by atoms with E-state index in [0.717, 1.165) is 4.31 Å². The highest BCUT2D eigenvalue weighted by molar-refractivity contribution is 7.89. The van der Waals surface area contributed by atoms with Gasteiger partial charge < -0.3 is 5.32 Å². The van der Waals surface area contributed by atoms with Crippen LogP contribution < -0.4 is 5.32 Å². The van der Waals surface area contributed by atoms with Gasteiger partial charge in [-0.25, -0.2) is 12.7 Å². The van der Waals surface area contributed by atoms with E-state index in [1.807, 2.05) is 0 Å². The summed E-state index contributed by atoms with van der Waals surface area (Å²) in [6, 6.07) is 8.63. The van der Waals surface area contributed by atoms with E-state index in [9.17, 15) is 23.3 Å². The molecule has 1 amide bonds. The van der Waals surface area contributed by atoms with Gasteiger partial charge in [-0.2, -0.15) is 0 Å². The van der Waals surface area contributed by atoms with Crippen LogP contribution in [0.1, 0.15) is 21.5 Å². The number of nitrogens with zero attached hydrogens (tertiary/aromatic N) is 2. The number of carbonyl (C=O) groups is 1. The van der Waals surface area contributed by atoms with Crippen LogP contribution in [0.3, 0.4) is 0 Å². The summed E-state index contributed by atoms with van der Waals surface area (Å²) >= 11 is 0. The van der Waals surface area contributed by atoms with Crippen molar-refractivity contribution in [2.24, 2.45) is 0 Å². The Kier molecular flexibility index (Phi) is 5.43. The smallest absolute Gasteiger partial charge is 0.272 e. The highest BCUT2D eigenvalue weighted by Gasteiger charge is 2.21. The largest absolute Gasteiger partial charge is 0.322 e. The first-order valence-corrected chi connectivity index (χ1v) is 9.07. The fraction of sp³-hybridized carbons (Fsp3) is 0.235. The van der Waals surface area contributed by atoms with E-state index in [1.54, 1.807) is 26.0 Å². The number of nitro groups is 1. The van der Waals surface area contributed by atoms with Gasteiger partial charge in [-0.3, -0.25) is 14.9 Å². The first-order chi connectivity index (χ1) is 12.0. The number of nitrogens with one attached hydrogen (secondary N) is 1. The molecule has 8 nitrogen and oxygen atoms in total. The number of rotatable bonds is 5. The van der Waals surface area contributed by atoms with E-state index in [-0.39, 0.29) is 16.1 Å². The van der Waals surface area contributed by atoms with Gasteiger partial charge >= 0.3 is 0 Å². The summed E-state index contributed by atoms with van der Waals surface area (Å²) in [5.41, 5.74) is 1.41. The molecule has 138 valence electrons. The molecule has 0 unspecified atom stereocenters. The maximum absolute atomic E-state index is 12.4. The lowest BCUT2D eigenvalue weighted by Crippen LogP contribution is -2.23. The molecule has 0 spiro atoms. The molecule has 0 aliphatic rings. The molecule has 9 heteroatoms. The molecule has 2 aromatic carbocycles. The van der Waals surface area contributed by atoms with Crippen LogP contribution >= 0.6 is 0 Å². The number of aryl methyl sites for hydroxylation is 2. The van der Waals surface area contributed by atoms with Crippen molar-refractivity contribution < 1.29 is 18.1 Å². The lowest BCUT2D eigenvalue weighted by molar-refractivity contribution is -0.385. The molecule has 26 heavy (non-hydrogen) atoms. The lowest BCUT2D eigenvalue weighted by Gasteiger charge is -2.15. The number of benzene rings is 2. The molecule has 0 radical (unpaired) electrons. The van der Waals surface area contributed by atoms with Crippen LogP contribution in [0, 0.1) is 24.0 Å². The zero-order valence-electron chi connectivity index (χ0n) is 14.8. The highest BCUT2D eigenvalue weighted by Crippen LogP contribution is 2.24. The van der Waals surface area contributed by atoms with E-state index in [2.05, 4.69) is 5.32 Å². The summed E-state index contributed by atoms with van der Waals surface area (Å²) in [5.74, 6) is -0.486. The molecule has 0 fully saturated rings. The van der Waals surface area contributed by atoms with Crippen molar-refractivity contribution in [3.05, 3.63) is 63.2 Å². The maximum Gasteiger partial charge on any atom is 0.272 e. The summed E-state index contributed by atoms with van der Waals surface area (Å²) in [6.45, 7) is 3.21. The quantitative estimate of drug-likeness (QED) is 0.636. The molecule has 0 aliphatic carbocycles. The second kappa shape index (κ2) is 7.22. The van der Waals surface area contributed by atoms with Gasteiger partial charge in [0, 0.05) is 37.0 Å². The minimum absolute atomic E-state index is 0.0729. The number of sulfonamides is 1. The fourth-order valence-electron chi connectivity index (χ4n) is 2.36. The van der Waals surface area contributed by atoms with Gasteiger partial charge in [0.15, 0.2) is 0 Å². The number of amides is 1. The second-order valence-corrected chi connectivity index (χ2v) is 8.10. The normalized spacial score (nSPS) is 11.4. The topological polar surface area (TPSA) is 110 Å². The first-order valence-electron chi connectivity index (χ1n) is 7.63. The van der Waals surface area contributed by atoms with E-state index in [4.69, 9.17) is 0 Å². The molecule has 0 aliphatic heterocycles. The van der Waals surface area contributed by atoms with Crippen LogP contribution in [0.15, 0.2) is 41.3 Å². The molecular formula is C17H19N3O5S. The third-order valence-corrected chi connectivity index (χ3v) is 5.82. The van der Waals surface area contributed by atoms with Gasteiger partial charge in [-0.15, -0.1) is 0 Å². The maximum atomic E-state index is 12.4. The number of nitro benzene ring substituents is 1. The molecule has 2 aromatic rings. The molecule has 1 N–H and O–H groups in total. The fourth-order valence-corrected chi connectivity index (χ4v) is 3.50. The minimum atomic E-state index is -3.65. The predicted molar refractivity (Wildman–Crippen MR) is 97.8 cm³/mol. The Morgan fingerprint density at radius 1 is 1.08 bits per heavy atom. The van der Waals surface area contributed by atoms with Gasteiger partial charge in [0.25, 0.3) is 11.6 Å². The predicted octanol–water partition coefficient (Wildman–Crippen LogP) is 2.71. The van der Waals surface area contributed by atoms with Crippen molar-refractivity contribution in [1.82, 2.24) is 4.31 Å². The molecule has 0 saturated carbocycles. The standard InChI is InChI=1S/C17H19N3O5S/c1-11-5-7-14(10-16(11)26(24,25)19(3)4)18-17(21)13-6-8-15(20(22)23)12(2)9-13/h5-10H,1-4H3,(H,18,21). The van der Waals surface area contributed by atoms with Crippen LogP contribution in [-0.4, -0.2) is 37.6 Å². The van der Waals surface area contributed by atoms with E-state index < -0.39 is 20.9 Å². The number of hydrogen-bond donors (Lipinski definition) is 1. The van der Waals surface area contributed by atoms with E-state index in [0.29, 0.717) is 16.8 Å². The van der Waals surface area contributed by atoms with E-state index in [1.165, 1.54) is 38.4 Å². The lowest BCUT2D eigenvalue weighted by atomic mass is 10.1. The third kappa shape index (κ3) is 3.89. The Hall–Kier alpha value is -2.78. The summed E-state index contributed by atoms with van der Waals surface area (Å²) in [7, 11) is -0.785. The van der Waals surface area contributed by atoms with Gasteiger partial charge in [-0.1, -0.05) is 6.07 Å². The van der Waals surface area contributed by atoms with Crippen molar-refractivity contribution in [1.29, 1.82) is 0 Å². The number of hydrogen-bond acceptors (Lipinski definition) is 5. The van der Waals surface area contributed by atoms with Gasteiger partial charge in [0.1, 0.15) is 0 Å². The Balaban J connectivity index is 2.33. The number of anilines is 1. The molecular weight excluding hydrogens is 358 g/mol. The zero-order chi connectivity index (χ0) is 19.6. The van der Waals surface area contributed by atoms with Crippen molar-refractivity contribution in [3.8, 4) is 0 Å². The molecule has 0 heterocycles. The minimum Gasteiger partial charge on any atom is -0.322 e. The third-order valence-electron chi connectivity index (χ3n) is 3.86. The van der Waals surface area contributed by atoms with Gasteiger partial charge in [-0.05, 0) is 43.7 Å². The van der Waals surface area contributed by atoms with Crippen molar-refractivity contribution in [2.75, 3.05) is 19.4 Å². The van der Waals surface area contributed by atoms with Crippen molar-refractivity contribution in [2.45, 2.75) is 18.7 Å². The Morgan fingerprint density at radius 2 is 1.73 bits per heavy atom. The molecule has 2 rings (SSSR count). The molecule has 0 atom stereocenters. The van der Waals surface area contributed by atoms with E-state index >= 15 is 0 Å². The summed E-state index contributed by atoms with van der Waals surface area (Å²) in [6.07, 6.45) is 0. The van der Waals surface area contributed by atoms with Gasteiger partial charge in [0.2, 0.25) is 10.0 Å². The molecule has 0 aromatic heterocycles. The summed E-state index contributed by atoms with van der Waals surface area (Å²) in [5, 5.41) is 13.5. The highest BCUT2D eigenvalue weighted by atomic mass is 32.2. The average Bonchev–Trinajstić information content (AvgIpc) is 2.55. The Labute approximate surface area is 151 Å². The molecule has 0 bridgehead atoms. The van der Waals surface area contributed by atoms with Crippen LogP contribution in [0.5, 0.6) is 0 Å². The number of carbonyl (C=O) groups excluding carboxylic acids is 1. The Bertz CT molecular complexity index is 984. The van der Waals surface area contributed by atoms with Crippen LogP contribution in [0.4, 0.5) is 11.4 Å². The molecule has 0 saturated heterocycles.